The maximum absolute atomic E-state index is 10.8. The van der Waals surface area contributed by atoms with Gasteiger partial charge in [0.25, 0.3) is 0 Å². The molecule has 1 fully saturated rings. The molecule has 1 rings (SSSR count). The Balaban J connectivity index is 2.75. The molecule has 0 radical (unpaired) electrons. The first-order valence-electron chi connectivity index (χ1n) is 4.32. The topological polar surface area (TPSA) is 81.1 Å². The highest BCUT2D eigenvalue weighted by Gasteiger charge is 2.40. The van der Waals surface area contributed by atoms with Crippen molar-refractivity contribution in [2.75, 3.05) is 20.6 Å². The second-order valence-corrected chi connectivity index (χ2v) is 3.64. The Morgan fingerprint density at radius 1 is 1.36 bits per heavy atom. The number of carbonyl (C=O) groups is 2. The Kier molecular flexibility index (Phi) is 2.95. The van der Waals surface area contributed by atoms with Crippen molar-refractivity contribution < 1.29 is 19.8 Å². The molecule has 0 bridgehead atoms. The standard InChI is InChI=1S/C8H14N2O4/c1-9(2)5-3-6(7(11)12)10(4-5)8(13)14/h5-6H,3-4H2,1-2H3,(H,11,12)(H,13,14)/t5?,6-/m1/s1. The van der Waals surface area contributed by atoms with Gasteiger partial charge in [0.1, 0.15) is 6.04 Å². The van der Waals surface area contributed by atoms with E-state index in [9.17, 15) is 9.59 Å². The van der Waals surface area contributed by atoms with Crippen LogP contribution in [-0.2, 0) is 4.79 Å². The highest BCUT2D eigenvalue weighted by Crippen LogP contribution is 2.20. The summed E-state index contributed by atoms with van der Waals surface area (Å²) in [6.45, 7) is 0.263. The molecule has 0 saturated carbocycles. The molecule has 80 valence electrons. The third kappa shape index (κ3) is 1.95. The van der Waals surface area contributed by atoms with Gasteiger partial charge in [-0.3, -0.25) is 4.90 Å². The second-order valence-electron chi connectivity index (χ2n) is 3.64. The summed E-state index contributed by atoms with van der Waals surface area (Å²) >= 11 is 0. The summed E-state index contributed by atoms with van der Waals surface area (Å²) in [4.78, 5) is 24.3. The van der Waals surface area contributed by atoms with Crippen molar-refractivity contribution in [3.8, 4) is 0 Å². The molecule has 1 heterocycles. The van der Waals surface area contributed by atoms with Gasteiger partial charge in [-0.05, 0) is 20.5 Å². The van der Waals surface area contributed by atoms with Gasteiger partial charge >= 0.3 is 12.1 Å². The smallest absolute Gasteiger partial charge is 0.408 e. The zero-order valence-corrected chi connectivity index (χ0v) is 8.17. The molecule has 0 aromatic heterocycles. The summed E-state index contributed by atoms with van der Waals surface area (Å²) in [5.41, 5.74) is 0. The van der Waals surface area contributed by atoms with E-state index in [0.29, 0.717) is 6.42 Å². The van der Waals surface area contributed by atoms with Crippen LogP contribution in [0.2, 0.25) is 0 Å². The molecule has 1 saturated heterocycles. The summed E-state index contributed by atoms with van der Waals surface area (Å²) in [6, 6.07) is -0.910. The fourth-order valence-electron chi connectivity index (χ4n) is 1.63. The van der Waals surface area contributed by atoms with E-state index in [0.717, 1.165) is 4.90 Å². The predicted molar refractivity (Wildman–Crippen MR) is 48.2 cm³/mol. The van der Waals surface area contributed by atoms with E-state index in [4.69, 9.17) is 10.2 Å². The van der Waals surface area contributed by atoms with Crippen LogP contribution in [-0.4, -0.2) is 64.8 Å². The van der Waals surface area contributed by atoms with Crippen LogP contribution in [0.1, 0.15) is 6.42 Å². The third-order valence-corrected chi connectivity index (χ3v) is 2.54. The molecule has 14 heavy (non-hydrogen) atoms. The lowest BCUT2D eigenvalue weighted by molar-refractivity contribution is -0.141. The summed E-state index contributed by atoms with van der Waals surface area (Å²) in [6.07, 6.45) is -0.809. The Morgan fingerprint density at radius 2 is 1.93 bits per heavy atom. The van der Waals surface area contributed by atoms with Gasteiger partial charge < -0.3 is 15.1 Å². The summed E-state index contributed by atoms with van der Waals surface area (Å²) in [5, 5.41) is 17.6. The van der Waals surface area contributed by atoms with Crippen LogP contribution >= 0.6 is 0 Å². The summed E-state index contributed by atoms with van der Waals surface area (Å²) in [7, 11) is 3.63. The van der Waals surface area contributed by atoms with Crippen LogP contribution in [0, 0.1) is 0 Å². The summed E-state index contributed by atoms with van der Waals surface area (Å²) in [5.74, 6) is -1.07. The minimum Gasteiger partial charge on any atom is -0.480 e. The van der Waals surface area contributed by atoms with Gasteiger partial charge in [0.15, 0.2) is 0 Å². The van der Waals surface area contributed by atoms with E-state index in [1.807, 2.05) is 19.0 Å². The SMILES string of the molecule is CN(C)C1C[C@H](C(=O)O)N(C(=O)O)C1. The van der Waals surface area contributed by atoms with Crippen LogP contribution in [0.3, 0.4) is 0 Å². The van der Waals surface area contributed by atoms with Gasteiger partial charge in [-0.15, -0.1) is 0 Å². The highest BCUT2D eigenvalue weighted by atomic mass is 16.4. The number of likely N-dealkylation sites (tertiary alicyclic amines) is 1. The number of rotatable bonds is 2. The van der Waals surface area contributed by atoms with Gasteiger partial charge in [0, 0.05) is 12.6 Å². The van der Waals surface area contributed by atoms with Crippen LogP contribution in [0.4, 0.5) is 4.79 Å². The van der Waals surface area contributed by atoms with Gasteiger partial charge in [0.2, 0.25) is 0 Å². The largest absolute Gasteiger partial charge is 0.480 e. The van der Waals surface area contributed by atoms with Gasteiger partial charge in [0.05, 0.1) is 0 Å². The van der Waals surface area contributed by atoms with E-state index in [2.05, 4.69) is 0 Å². The number of likely N-dealkylation sites (N-methyl/N-ethyl adjacent to an activating group) is 1. The normalized spacial score (nSPS) is 26.9. The van der Waals surface area contributed by atoms with E-state index >= 15 is 0 Å². The van der Waals surface area contributed by atoms with Crippen molar-refractivity contribution in [1.82, 2.24) is 9.80 Å². The molecule has 0 aromatic carbocycles. The number of carboxylic acid groups (broad SMARTS) is 2. The van der Waals surface area contributed by atoms with Crippen LogP contribution < -0.4 is 0 Å². The fraction of sp³-hybridized carbons (Fsp3) is 0.750. The number of hydrogen-bond donors (Lipinski definition) is 2. The molecule has 2 N–H and O–H groups in total. The molecule has 2 atom stereocenters. The zero-order chi connectivity index (χ0) is 10.9. The van der Waals surface area contributed by atoms with Crippen molar-refractivity contribution in [3.05, 3.63) is 0 Å². The number of amides is 1. The van der Waals surface area contributed by atoms with Crippen molar-refractivity contribution in [3.63, 3.8) is 0 Å². The first-order valence-corrected chi connectivity index (χ1v) is 4.32. The molecule has 0 aliphatic carbocycles. The van der Waals surface area contributed by atoms with Gasteiger partial charge in [-0.1, -0.05) is 0 Å². The van der Waals surface area contributed by atoms with E-state index in [1.54, 1.807) is 0 Å². The minimum absolute atomic E-state index is 0.00722. The van der Waals surface area contributed by atoms with Crippen molar-refractivity contribution in [2.45, 2.75) is 18.5 Å². The third-order valence-electron chi connectivity index (χ3n) is 2.54. The Labute approximate surface area is 81.7 Å². The van der Waals surface area contributed by atoms with Crippen molar-refractivity contribution in [2.24, 2.45) is 0 Å². The minimum atomic E-state index is -1.17. The maximum atomic E-state index is 10.8. The number of carboxylic acids is 1. The Morgan fingerprint density at radius 3 is 2.21 bits per heavy atom. The molecule has 0 spiro atoms. The molecule has 0 aromatic rings. The Bertz CT molecular complexity index is 232. The van der Waals surface area contributed by atoms with E-state index in [-0.39, 0.29) is 12.6 Å². The molecular weight excluding hydrogens is 188 g/mol. The van der Waals surface area contributed by atoms with Crippen LogP contribution in [0.15, 0.2) is 0 Å². The average Bonchev–Trinajstić information content (AvgIpc) is 2.47. The van der Waals surface area contributed by atoms with Crippen molar-refractivity contribution >= 4 is 12.1 Å². The second kappa shape index (κ2) is 3.83. The molecule has 1 amide bonds. The molecule has 6 heteroatoms. The number of nitrogens with zero attached hydrogens (tertiary/aromatic N) is 2. The molecule has 1 aliphatic heterocycles. The first kappa shape index (κ1) is 10.8. The van der Waals surface area contributed by atoms with Crippen LogP contribution in [0.25, 0.3) is 0 Å². The van der Waals surface area contributed by atoms with Gasteiger partial charge in [-0.2, -0.15) is 0 Å². The van der Waals surface area contributed by atoms with E-state index in [1.165, 1.54) is 0 Å². The monoisotopic (exact) mass is 202 g/mol. The predicted octanol–water partition coefficient (Wildman–Crippen LogP) is -0.246. The maximum Gasteiger partial charge on any atom is 0.408 e. The lowest BCUT2D eigenvalue weighted by Crippen LogP contribution is -2.40. The van der Waals surface area contributed by atoms with Crippen LogP contribution in [0.5, 0.6) is 0 Å². The lowest BCUT2D eigenvalue weighted by Gasteiger charge is -2.18. The van der Waals surface area contributed by atoms with E-state index < -0.39 is 18.1 Å². The molecule has 1 aliphatic rings. The Hall–Kier alpha value is -1.30. The number of hydrogen-bond acceptors (Lipinski definition) is 3. The lowest BCUT2D eigenvalue weighted by atomic mass is 10.1. The number of aliphatic carboxylic acids is 1. The zero-order valence-electron chi connectivity index (χ0n) is 8.17. The highest BCUT2D eigenvalue weighted by molar-refractivity contribution is 5.80. The summed E-state index contributed by atoms with van der Waals surface area (Å²) < 4.78 is 0. The molecule has 6 nitrogen and oxygen atoms in total. The fourth-order valence-corrected chi connectivity index (χ4v) is 1.63. The quantitative estimate of drug-likeness (QED) is 0.645. The van der Waals surface area contributed by atoms with Gasteiger partial charge in [-0.25, -0.2) is 9.59 Å². The first-order chi connectivity index (χ1) is 6.43. The average molecular weight is 202 g/mol. The van der Waals surface area contributed by atoms with Crippen molar-refractivity contribution in [1.29, 1.82) is 0 Å². The molecular formula is C8H14N2O4. The molecule has 1 unspecified atom stereocenters.